The molecule has 0 amide bonds. The summed E-state index contributed by atoms with van der Waals surface area (Å²) in [5.74, 6) is 1.81. The number of hydrogen-bond acceptors (Lipinski definition) is 6. The molecule has 1 aromatic carbocycles. The summed E-state index contributed by atoms with van der Waals surface area (Å²) < 4.78 is 2.09. The smallest absolute Gasteiger partial charge is 0.227 e. The van der Waals surface area contributed by atoms with E-state index in [0.29, 0.717) is 18.3 Å². The van der Waals surface area contributed by atoms with Crippen molar-refractivity contribution in [2.24, 2.45) is 0 Å². The number of aromatic nitrogens is 3. The minimum absolute atomic E-state index is 0.0454. The van der Waals surface area contributed by atoms with E-state index in [1.807, 2.05) is 42.7 Å². The van der Waals surface area contributed by atoms with Crippen molar-refractivity contribution in [2.75, 3.05) is 27.8 Å². The highest BCUT2D eigenvalue weighted by Gasteiger charge is 2.32. The molecule has 0 fully saturated rings. The van der Waals surface area contributed by atoms with E-state index >= 15 is 0 Å². The Kier molecular flexibility index (Phi) is 3.89. The van der Waals surface area contributed by atoms with Crippen molar-refractivity contribution in [1.82, 2.24) is 14.5 Å². The van der Waals surface area contributed by atoms with Gasteiger partial charge in [0.1, 0.15) is 5.69 Å². The molecule has 0 radical (unpaired) electrons. The van der Waals surface area contributed by atoms with Gasteiger partial charge in [0, 0.05) is 25.5 Å². The van der Waals surface area contributed by atoms with Crippen molar-refractivity contribution in [3.63, 3.8) is 0 Å². The Hall–Kier alpha value is -3.22. The van der Waals surface area contributed by atoms with Gasteiger partial charge in [0.15, 0.2) is 17.9 Å². The molecule has 4 rings (SSSR count). The summed E-state index contributed by atoms with van der Waals surface area (Å²) in [4.78, 5) is 11.3. The molecule has 1 atom stereocenters. The van der Waals surface area contributed by atoms with Gasteiger partial charge in [0.05, 0.1) is 0 Å². The van der Waals surface area contributed by atoms with E-state index in [0.717, 1.165) is 18.1 Å². The van der Waals surface area contributed by atoms with Crippen molar-refractivity contribution >= 4 is 23.3 Å². The van der Waals surface area contributed by atoms with Gasteiger partial charge < -0.3 is 25.8 Å². The number of nitrogens with two attached hydrogens (primary N) is 1. The van der Waals surface area contributed by atoms with Crippen LogP contribution in [0.1, 0.15) is 18.8 Å². The SMILES string of the molecule is CCN1c2nc(NCc3ccccc3)nc(N)c2NC1n1cccc1. The third-order valence-electron chi connectivity index (χ3n) is 4.30. The first kappa shape index (κ1) is 15.3. The standard InChI is InChI=1S/C18H21N7/c1-2-25-16-14(21-18(25)24-10-6-7-11-24)15(19)22-17(23-16)20-12-13-8-4-3-5-9-13/h3-11,18,21H,2,12H2,1H3,(H3,19,20,22,23). The lowest BCUT2D eigenvalue weighted by molar-refractivity contribution is 0.548. The van der Waals surface area contributed by atoms with Crippen LogP contribution in [0, 0.1) is 0 Å². The van der Waals surface area contributed by atoms with E-state index in [-0.39, 0.29) is 6.29 Å². The maximum absolute atomic E-state index is 6.18. The molecule has 3 heterocycles. The number of hydrogen-bond donors (Lipinski definition) is 3. The lowest BCUT2D eigenvalue weighted by atomic mass is 10.2. The Labute approximate surface area is 146 Å². The van der Waals surface area contributed by atoms with E-state index in [4.69, 9.17) is 5.73 Å². The van der Waals surface area contributed by atoms with Crippen molar-refractivity contribution in [1.29, 1.82) is 0 Å². The quantitative estimate of drug-likeness (QED) is 0.665. The van der Waals surface area contributed by atoms with Gasteiger partial charge in [-0.1, -0.05) is 30.3 Å². The van der Waals surface area contributed by atoms with Crippen LogP contribution in [0.5, 0.6) is 0 Å². The number of nitrogens with zero attached hydrogens (tertiary/aromatic N) is 4. The highest BCUT2D eigenvalue weighted by Crippen LogP contribution is 2.40. The molecule has 0 aliphatic carbocycles. The fourth-order valence-electron chi connectivity index (χ4n) is 3.06. The van der Waals surface area contributed by atoms with Gasteiger partial charge in [0.2, 0.25) is 5.95 Å². The second-order valence-corrected chi connectivity index (χ2v) is 5.90. The van der Waals surface area contributed by atoms with Gasteiger partial charge in [-0.15, -0.1) is 0 Å². The van der Waals surface area contributed by atoms with E-state index < -0.39 is 0 Å². The van der Waals surface area contributed by atoms with Gasteiger partial charge in [-0.3, -0.25) is 0 Å². The molecule has 3 aromatic rings. The molecule has 128 valence electrons. The maximum atomic E-state index is 6.18. The Morgan fingerprint density at radius 1 is 1.12 bits per heavy atom. The summed E-state index contributed by atoms with van der Waals surface area (Å²) in [7, 11) is 0. The number of nitrogens with one attached hydrogen (secondary N) is 2. The van der Waals surface area contributed by atoms with Crippen LogP contribution in [0.15, 0.2) is 54.9 Å². The zero-order valence-corrected chi connectivity index (χ0v) is 14.1. The summed E-state index contributed by atoms with van der Waals surface area (Å²) in [6.45, 7) is 3.56. The molecular formula is C18H21N7. The van der Waals surface area contributed by atoms with Crippen LogP contribution in [-0.2, 0) is 6.54 Å². The first-order chi connectivity index (χ1) is 12.3. The number of anilines is 4. The number of benzene rings is 1. The second-order valence-electron chi connectivity index (χ2n) is 5.90. The number of nitrogen functional groups attached to an aromatic ring is 1. The van der Waals surface area contributed by atoms with E-state index in [9.17, 15) is 0 Å². The number of fused-ring (bicyclic) bond motifs is 1. The van der Waals surface area contributed by atoms with Crippen LogP contribution in [0.4, 0.5) is 23.3 Å². The normalized spacial score (nSPS) is 15.7. The molecule has 1 unspecified atom stereocenters. The summed E-state index contributed by atoms with van der Waals surface area (Å²) >= 11 is 0. The van der Waals surface area contributed by atoms with Crippen LogP contribution in [0.2, 0.25) is 0 Å². The fourth-order valence-corrected chi connectivity index (χ4v) is 3.06. The van der Waals surface area contributed by atoms with Crippen LogP contribution in [0.3, 0.4) is 0 Å². The Morgan fingerprint density at radius 2 is 1.88 bits per heavy atom. The molecule has 0 saturated heterocycles. The van der Waals surface area contributed by atoms with Gasteiger partial charge in [-0.05, 0) is 24.6 Å². The van der Waals surface area contributed by atoms with E-state index in [1.165, 1.54) is 5.56 Å². The number of rotatable bonds is 5. The summed E-state index contributed by atoms with van der Waals surface area (Å²) in [6.07, 6.45) is 3.99. The van der Waals surface area contributed by atoms with Crippen molar-refractivity contribution < 1.29 is 0 Å². The van der Waals surface area contributed by atoms with E-state index in [1.54, 1.807) is 0 Å². The monoisotopic (exact) mass is 335 g/mol. The summed E-state index contributed by atoms with van der Waals surface area (Å²) in [5.41, 5.74) is 8.14. The Balaban J connectivity index is 1.60. The van der Waals surface area contributed by atoms with Gasteiger partial charge in [0.25, 0.3) is 0 Å². The fraction of sp³-hybridized carbons (Fsp3) is 0.222. The Bertz CT molecular complexity index is 845. The van der Waals surface area contributed by atoms with Crippen LogP contribution < -0.4 is 21.3 Å². The lowest BCUT2D eigenvalue weighted by Gasteiger charge is -2.25. The molecule has 7 heteroatoms. The highest BCUT2D eigenvalue weighted by atomic mass is 15.5. The zero-order valence-electron chi connectivity index (χ0n) is 14.1. The summed E-state index contributed by atoms with van der Waals surface area (Å²) in [6, 6.07) is 14.1. The molecule has 7 nitrogen and oxygen atoms in total. The minimum atomic E-state index is -0.0454. The Morgan fingerprint density at radius 3 is 2.60 bits per heavy atom. The first-order valence-electron chi connectivity index (χ1n) is 8.37. The van der Waals surface area contributed by atoms with Gasteiger partial charge in [-0.25, -0.2) is 0 Å². The predicted molar refractivity (Wildman–Crippen MR) is 100 cm³/mol. The second kappa shape index (κ2) is 6.35. The molecular weight excluding hydrogens is 314 g/mol. The van der Waals surface area contributed by atoms with E-state index in [2.05, 4.69) is 49.1 Å². The molecule has 4 N–H and O–H groups in total. The van der Waals surface area contributed by atoms with Gasteiger partial charge >= 0.3 is 0 Å². The summed E-state index contributed by atoms with van der Waals surface area (Å²) in [5, 5.41) is 6.68. The van der Waals surface area contributed by atoms with Gasteiger partial charge in [-0.2, -0.15) is 9.97 Å². The molecule has 25 heavy (non-hydrogen) atoms. The van der Waals surface area contributed by atoms with Crippen molar-refractivity contribution in [2.45, 2.75) is 19.8 Å². The third-order valence-corrected chi connectivity index (χ3v) is 4.30. The van der Waals surface area contributed by atoms with Crippen molar-refractivity contribution in [3.8, 4) is 0 Å². The molecule has 2 aromatic heterocycles. The minimum Gasteiger partial charge on any atom is -0.382 e. The van der Waals surface area contributed by atoms with Crippen LogP contribution in [0.25, 0.3) is 0 Å². The maximum Gasteiger partial charge on any atom is 0.227 e. The first-order valence-corrected chi connectivity index (χ1v) is 8.37. The van der Waals surface area contributed by atoms with Crippen LogP contribution >= 0.6 is 0 Å². The highest BCUT2D eigenvalue weighted by molar-refractivity contribution is 5.81. The average Bonchev–Trinajstić information content (AvgIpc) is 3.28. The molecule has 0 spiro atoms. The predicted octanol–water partition coefficient (Wildman–Crippen LogP) is 2.88. The third kappa shape index (κ3) is 2.84. The average molecular weight is 335 g/mol. The van der Waals surface area contributed by atoms with Crippen molar-refractivity contribution in [3.05, 3.63) is 60.4 Å². The largest absolute Gasteiger partial charge is 0.382 e. The topological polar surface area (TPSA) is 84.0 Å². The molecule has 0 saturated carbocycles. The lowest BCUT2D eigenvalue weighted by Crippen LogP contribution is -2.32. The molecule has 0 bridgehead atoms. The zero-order chi connectivity index (χ0) is 17.2. The van der Waals surface area contributed by atoms with Crippen LogP contribution in [-0.4, -0.2) is 21.1 Å². The molecule has 1 aliphatic heterocycles. The molecule has 1 aliphatic rings.